The van der Waals surface area contributed by atoms with E-state index >= 15 is 0 Å². The molecule has 5 heteroatoms. The first-order valence-corrected chi connectivity index (χ1v) is 5.33. The third-order valence-corrected chi connectivity index (χ3v) is 2.18. The molecule has 0 atom stereocenters. The number of ether oxygens (including phenoxy) is 1. The van der Waals surface area contributed by atoms with Gasteiger partial charge in [-0.05, 0) is 18.2 Å². The Morgan fingerprint density at radius 1 is 1.44 bits per heavy atom. The zero-order chi connectivity index (χ0) is 13.5. The Balaban J connectivity index is 2.81. The van der Waals surface area contributed by atoms with Gasteiger partial charge in [-0.1, -0.05) is 12.2 Å². The molecular formula is C13H14FNO3. The molecule has 4 nitrogen and oxygen atoms in total. The fourth-order valence-electron chi connectivity index (χ4n) is 1.30. The quantitative estimate of drug-likeness (QED) is 0.830. The van der Waals surface area contributed by atoms with Gasteiger partial charge in [-0.3, -0.25) is 4.79 Å². The van der Waals surface area contributed by atoms with Crippen molar-refractivity contribution in [2.24, 2.45) is 0 Å². The molecule has 18 heavy (non-hydrogen) atoms. The van der Waals surface area contributed by atoms with Crippen LogP contribution in [0.4, 0.5) is 4.39 Å². The van der Waals surface area contributed by atoms with E-state index in [9.17, 15) is 14.0 Å². The fraction of sp³-hybridized carbons (Fsp3) is 0.231. The summed E-state index contributed by atoms with van der Waals surface area (Å²) >= 11 is 0. The lowest BCUT2D eigenvalue weighted by atomic mass is 10.1. The van der Waals surface area contributed by atoms with Crippen LogP contribution in [0.5, 0.6) is 0 Å². The van der Waals surface area contributed by atoms with Gasteiger partial charge >= 0.3 is 5.97 Å². The summed E-state index contributed by atoms with van der Waals surface area (Å²) in [6, 6.07) is 3.95. The van der Waals surface area contributed by atoms with Crippen LogP contribution in [0.2, 0.25) is 0 Å². The van der Waals surface area contributed by atoms with Crippen molar-refractivity contribution in [1.82, 2.24) is 5.32 Å². The molecule has 1 aromatic carbocycles. The van der Waals surface area contributed by atoms with Crippen LogP contribution in [-0.2, 0) is 9.53 Å². The van der Waals surface area contributed by atoms with Crippen molar-refractivity contribution in [1.29, 1.82) is 0 Å². The molecule has 0 bridgehead atoms. The number of halogens is 1. The number of hydrogen-bond acceptors (Lipinski definition) is 3. The molecule has 1 N–H and O–H groups in total. The normalized spacial score (nSPS) is 10.4. The molecule has 0 spiro atoms. The van der Waals surface area contributed by atoms with E-state index in [1.807, 2.05) is 0 Å². The highest BCUT2D eigenvalue weighted by molar-refractivity contribution is 5.90. The van der Waals surface area contributed by atoms with Crippen LogP contribution in [0, 0.1) is 5.82 Å². The summed E-state index contributed by atoms with van der Waals surface area (Å²) in [4.78, 5) is 21.9. The number of carbonyl (C=O) groups is 2. The molecule has 0 aromatic heterocycles. The largest absolute Gasteiger partial charge is 0.465 e. The molecule has 1 amide bonds. The minimum atomic E-state index is -0.522. The Bertz CT molecular complexity index is 483. The topological polar surface area (TPSA) is 55.4 Å². The van der Waals surface area contributed by atoms with E-state index < -0.39 is 11.8 Å². The number of carbonyl (C=O) groups excluding carboxylic acids is 2. The molecule has 0 heterocycles. The maximum Gasteiger partial charge on any atom is 0.337 e. The smallest absolute Gasteiger partial charge is 0.337 e. The van der Waals surface area contributed by atoms with Crippen LogP contribution >= 0.6 is 0 Å². The number of nitrogens with one attached hydrogen (secondary N) is 1. The van der Waals surface area contributed by atoms with Gasteiger partial charge in [0.15, 0.2) is 0 Å². The van der Waals surface area contributed by atoms with Gasteiger partial charge in [-0.2, -0.15) is 0 Å². The van der Waals surface area contributed by atoms with E-state index in [1.165, 1.54) is 38.3 Å². The lowest BCUT2D eigenvalue weighted by Crippen LogP contribution is -2.19. The summed E-state index contributed by atoms with van der Waals surface area (Å²) in [7, 11) is 1.26. The Morgan fingerprint density at radius 3 is 2.78 bits per heavy atom. The van der Waals surface area contributed by atoms with E-state index in [2.05, 4.69) is 10.1 Å². The summed E-state index contributed by atoms with van der Waals surface area (Å²) in [5.41, 5.74) is 0.543. The van der Waals surface area contributed by atoms with Gasteiger partial charge in [0, 0.05) is 19.0 Å². The average Bonchev–Trinajstić information content (AvgIpc) is 2.35. The van der Waals surface area contributed by atoms with Crippen LogP contribution in [0.3, 0.4) is 0 Å². The van der Waals surface area contributed by atoms with Gasteiger partial charge < -0.3 is 10.1 Å². The highest BCUT2D eigenvalue weighted by Crippen LogP contribution is 2.13. The first-order valence-electron chi connectivity index (χ1n) is 5.33. The number of esters is 1. The standard InChI is InChI=1S/C13H14FNO3/c1-9(16)15-7-3-4-10-8-11(13(17)18-2)5-6-12(10)14/h3-6,8H,7H2,1-2H3,(H,15,16). The second-order valence-electron chi connectivity index (χ2n) is 3.57. The average molecular weight is 251 g/mol. The van der Waals surface area contributed by atoms with Gasteiger partial charge in [0.25, 0.3) is 0 Å². The molecule has 0 aliphatic carbocycles. The van der Waals surface area contributed by atoms with E-state index in [4.69, 9.17) is 0 Å². The molecule has 0 fully saturated rings. The van der Waals surface area contributed by atoms with Gasteiger partial charge in [0.1, 0.15) is 5.82 Å². The summed E-state index contributed by atoms with van der Waals surface area (Å²) < 4.78 is 18.0. The first kappa shape index (κ1) is 13.9. The number of hydrogen-bond donors (Lipinski definition) is 1. The maximum absolute atomic E-state index is 13.4. The number of rotatable bonds is 4. The minimum absolute atomic E-state index is 0.163. The van der Waals surface area contributed by atoms with Crippen LogP contribution in [0.25, 0.3) is 6.08 Å². The molecule has 0 saturated heterocycles. The van der Waals surface area contributed by atoms with Crippen LogP contribution in [-0.4, -0.2) is 25.5 Å². The Morgan fingerprint density at radius 2 is 2.17 bits per heavy atom. The second kappa shape index (κ2) is 6.54. The summed E-state index contributed by atoms with van der Waals surface area (Å²) in [6.45, 7) is 1.70. The van der Waals surface area contributed by atoms with Crippen LogP contribution in [0.1, 0.15) is 22.8 Å². The highest BCUT2D eigenvalue weighted by Gasteiger charge is 2.07. The second-order valence-corrected chi connectivity index (χ2v) is 3.57. The van der Waals surface area contributed by atoms with Crippen LogP contribution in [0.15, 0.2) is 24.3 Å². The highest BCUT2D eigenvalue weighted by atomic mass is 19.1. The van der Waals surface area contributed by atoms with Crippen molar-refractivity contribution in [3.63, 3.8) is 0 Å². The van der Waals surface area contributed by atoms with E-state index in [-0.39, 0.29) is 17.0 Å². The van der Waals surface area contributed by atoms with Gasteiger partial charge in [0.2, 0.25) is 5.91 Å². The van der Waals surface area contributed by atoms with Gasteiger partial charge in [0.05, 0.1) is 12.7 Å². The minimum Gasteiger partial charge on any atom is -0.465 e. The Labute approximate surface area is 104 Å². The summed E-state index contributed by atoms with van der Waals surface area (Å²) in [6.07, 6.45) is 3.10. The van der Waals surface area contributed by atoms with Crippen molar-refractivity contribution in [2.45, 2.75) is 6.92 Å². The molecule has 0 aliphatic heterocycles. The zero-order valence-corrected chi connectivity index (χ0v) is 10.2. The summed E-state index contributed by atoms with van der Waals surface area (Å²) in [5, 5.41) is 2.54. The van der Waals surface area contributed by atoms with E-state index in [0.29, 0.717) is 6.54 Å². The Kier molecular flexibility index (Phi) is 5.05. The number of methoxy groups -OCH3 is 1. The van der Waals surface area contributed by atoms with Crippen molar-refractivity contribution in [3.8, 4) is 0 Å². The molecule has 0 aliphatic rings. The monoisotopic (exact) mass is 251 g/mol. The predicted octanol–water partition coefficient (Wildman–Crippen LogP) is 1.76. The molecular weight excluding hydrogens is 237 g/mol. The Hall–Kier alpha value is -2.17. The molecule has 0 saturated carbocycles. The zero-order valence-electron chi connectivity index (χ0n) is 10.2. The van der Waals surface area contributed by atoms with Gasteiger partial charge in [-0.15, -0.1) is 0 Å². The lowest BCUT2D eigenvalue weighted by Gasteiger charge is -2.02. The summed E-state index contributed by atoms with van der Waals surface area (Å²) in [5.74, 6) is -1.13. The van der Waals surface area contributed by atoms with Crippen LogP contribution < -0.4 is 5.32 Å². The molecule has 1 rings (SSSR count). The van der Waals surface area contributed by atoms with Crippen molar-refractivity contribution in [3.05, 3.63) is 41.2 Å². The number of benzene rings is 1. The van der Waals surface area contributed by atoms with Gasteiger partial charge in [-0.25, -0.2) is 9.18 Å². The SMILES string of the molecule is COC(=O)c1ccc(F)c(C=CCNC(C)=O)c1. The van der Waals surface area contributed by atoms with Crippen molar-refractivity contribution in [2.75, 3.05) is 13.7 Å². The molecule has 96 valence electrons. The molecule has 1 aromatic rings. The van der Waals surface area contributed by atoms with E-state index in [1.54, 1.807) is 6.08 Å². The third kappa shape index (κ3) is 4.01. The fourth-order valence-corrected chi connectivity index (χ4v) is 1.30. The van der Waals surface area contributed by atoms with E-state index in [0.717, 1.165) is 0 Å². The predicted molar refractivity (Wildman–Crippen MR) is 65.5 cm³/mol. The van der Waals surface area contributed by atoms with Crippen molar-refractivity contribution >= 4 is 18.0 Å². The lowest BCUT2D eigenvalue weighted by molar-refractivity contribution is -0.118. The van der Waals surface area contributed by atoms with Crippen molar-refractivity contribution < 1.29 is 18.7 Å². The molecule has 0 radical (unpaired) electrons. The maximum atomic E-state index is 13.4. The molecule has 0 unspecified atom stereocenters. The first-order chi connectivity index (χ1) is 8.54. The number of amides is 1. The third-order valence-electron chi connectivity index (χ3n) is 2.18.